The Labute approximate surface area is 207 Å². The van der Waals surface area contributed by atoms with Crippen LogP contribution in [0.15, 0.2) is 58.3 Å². The van der Waals surface area contributed by atoms with Gasteiger partial charge in [-0.3, -0.25) is 9.59 Å². The molecule has 2 unspecified atom stereocenters. The van der Waals surface area contributed by atoms with Crippen molar-refractivity contribution >= 4 is 35.5 Å². The van der Waals surface area contributed by atoms with Crippen LogP contribution in [0.2, 0.25) is 0 Å². The maximum Gasteiger partial charge on any atom is 0.316 e. The molecule has 2 atom stereocenters. The van der Waals surface area contributed by atoms with Crippen LogP contribution in [-0.2, 0) is 19.1 Å². The third kappa shape index (κ3) is 11.1. The first-order chi connectivity index (χ1) is 16.4. The molecule has 0 aliphatic carbocycles. The van der Waals surface area contributed by atoms with Crippen LogP contribution in [-0.4, -0.2) is 72.8 Å². The second-order valence-corrected chi connectivity index (χ2v) is 9.27. The highest BCUT2D eigenvalue weighted by atomic mass is 32.2. The molecule has 0 fully saturated rings. The maximum absolute atomic E-state index is 11.6. The predicted molar refractivity (Wildman–Crippen MR) is 131 cm³/mol. The first kappa shape index (κ1) is 27.8. The lowest BCUT2D eigenvalue weighted by Crippen LogP contribution is -2.25. The summed E-state index contributed by atoms with van der Waals surface area (Å²) in [6.07, 6.45) is -0.781. The number of aliphatic hydroxyl groups is 2. The fourth-order valence-corrected chi connectivity index (χ4v) is 3.86. The molecule has 0 saturated heterocycles. The molecule has 186 valence electrons. The number of hydrogen-bond acceptors (Lipinski definition) is 10. The number of carbonyl (C=O) groups excluding carboxylic acids is 2. The summed E-state index contributed by atoms with van der Waals surface area (Å²) in [7, 11) is 1.28. The fraction of sp³-hybridized carbons (Fsp3) is 0.417. The first-order valence-electron chi connectivity index (χ1n) is 10.7. The zero-order valence-electron chi connectivity index (χ0n) is 19.2. The van der Waals surface area contributed by atoms with Crippen LogP contribution in [0, 0.1) is 0 Å². The molecule has 10 heteroatoms. The number of carbonyl (C=O) groups is 2. The van der Waals surface area contributed by atoms with Crippen molar-refractivity contribution in [1.82, 2.24) is 0 Å². The third-order valence-corrected chi connectivity index (χ3v) is 6.24. The quantitative estimate of drug-likeness (QED) is 0.347. The van der Waals surface area contributed by atoms with Crippen molar-refractivity contribution < 1.29 is 38.7 Å². The largest absolute Gasteiger partial charge is 0.491 e. The molecular weight excluding hydrogens is 480 g/mol. The Bertz CT molecular complexity index is 874. The Morgan fingerprint density at radius 3 is 1.79 bits per heavy atom. The molecule has 34 heavy (non-hydrogen) atoms. The lowest BCUT2D eigenvalue weighted by Gasteiger charge is -2.13. The molecule has 2 N–H and O–H groups in total. The van der Waals surface area contributed by atoms with E-state index in [1.165, 1.54) is 7.11 Å². The minimum absolute atomic E-state index is 0.000457. The number of thioether (sulfide) groups is 1. The van der Waals surface area contributed by atoms with Crippen molar-refractivity contribution in [2.24, 2.45) is 0 Å². The van der Waals surface area contributed by atoms with Gasteiger partial charge in [0.05, 0.1) is 24.7 Å². The average molecular weight is 511 g/mol. The van der Waals surface area contributed by atoms with Crippen molar-refractivity contribution in [2.45, 2.75) is 35.3 Å². The van der Waals surface area contributed by atoms with E-state index in [4.69, 9.17) is 14.2 Å². The predicted octanol–water partition coefficient (Wildman–Crippen LogP) is 3.18. The van der Waals surface area contributed by atoms with Gasteiger partial charge >= 0.3 is 11.9 Å². The number of aliphatic hydroxyl groups excluding tert-OH is 2. The molecule has 8 nitrogen and oxygen atoms in total. The molecule has 0 aliphatic rings. The minimum atomic E-state index is -0.970. The van der Waals surface area contributed by atoms with Gasteiger partial charge in [0, 0.05) is 9.79 Å². The molecule has 2 rings (SSSR count). The minimum Gasteiger partial charge on any atom is -0.491 e. The van der Waals surface area contributed by atoms with Gasteiger partial charge in [0.2, 0.25) is 0 Å². The summed E-state index contributed by atoms with van der Waals surface area (Å²) in [5.41, 5.74) is 0. The van der Waals surface area contributed by atoms with Crippen LogP contribution in [0.1, 0.15) is 13.3 Å². The van der Waals surface area contributed by atoms with E-state index in [1.54, 1.807) is 23.9 Å². The second-order valence-electron chi connectivity index (χ2n) is 7.13. The van der Waals surface area contributed by atoms with Crippen LogP contribution >= 0.6 is 23.5 Å². The fourth-order valence-electron chi connectivity index (χ4n) is 2.40. The smallest absolute Gasteiger partial charge is 0.316 e. The van der Waals surface area contributed by atoms with E-state index in [1.807, 2.05) is 43.3 Å². The molecule has 0 radical (unpaired) electrons. The zero-order chi connectivity index (χ0) is 24.8. The van der Waals surface area contributed by atoms with E-state index in [0.717, 1.165) is 21.6 Å². The normalized spacial score (nSPS) is 12.5. The van der Waals surface area contributed by atoms with Crippen LogP contribution < -0.4 is 9.47 Å². The Hall–Kier alpha value is -2.40. The Morgan fingerprint density at radius 2 is 1.29 bits per heavy atom. The molecule has 0 heterocycles. The Morgan fingerprint density at radius 1 is 0.794 bits per heavy atom. The molecule has 0 amide bonds. The summed E-state index contributed by atoms with van der Waals surface area (Å²) in [4.78, 5) is 24.6. The number of ether oxygens (including phenoxy) is 4. The first-order valence-corrected chi connectivity index (χ1v) is 12.7. The molecule has 0 bridgehead atoms. The molecule has 0 spiro atoms. The lowest BCUT2D eigenvalue weighted by atomic mass is 10.3. The van der Waals surface area contributed by atoms with E-state index in [9.17, 15) is 19.8 Å². The number of benzene rings is 2. The summed E-state index contributed by atoms with van der Waals surface area (Å²) in [6, 6.07) is 15.1. The number of hydrogen-bond donors (Lipinski definition) is 2. The van der Waals surface area contributed by atoms with Gasteiger partial charge in [-0.25, -0.2) is 0 Å². The van der Waals surface area contributed by atoms with Gasteiger partial charge in [-0.05, 0) is 55.0 Å². The van der Waals surface area contributed by atoms with Crippen LogP contribution in [0.3, 0.4) is 0 Å². The van der Waals surface area contributed by atoms with Crippen molar-refractivity contribution in [2.75, 3.05) is 38.4 Å². The molecule has 0 saturated carbocycles. The van der Waals surface area contributed by atoms with Crippen LogP contribution in [0.4, 0.5) is 0 Å². The highest BCUT2D eigenvalue weighted by molar-refractivity contribution is 8.00. The highest BCUT2D eigenvalue weighted by Crippen LogP contribution is 2.30. The van der Waals surface area contributed by atoms with E-state index in [0.29, 0.717) is 17.9 Å². The Kier molecular flexibility index (Phi) is 12.7. The average Bonchev–Trinajstić information content (AvgIpc) is 2.86. The van der Waals surface area contributed by atoms with E-state index in [2.05, 4.69) is 4.74 Å². The second kappa shape index (κ2) is 15.5. The molecular formula is C24H30O8S2. The molecule has 2 aromatic rings. The highest BCUT2D eigenvalue weighted by Gasteiger charge is 2.11. The summed E-state index contributed by atoms with van der Waals surface area (Å²) in [5, 5.41) is 19.5. The van der Waals surface area contributed by atoms with Gasteiger partial charge in [-0.1, -0.05) is 18.7 Å². The van der Waals surface area contributed by atoms with Gasteiger partial charge in [0.15, 0.2) is 0 Å². The molecule has 2 aromatic carbocycles. The number of rotatable bonds is 15. The third-order valence-electron chi connectivity index (χ3n) is 4.34. The summed E-state index contributed by atoms with van der Waals surface area (Å²) in [6.45, 7) is 1.96. The Balaban J connectivity index is 1.68. The van der Waals surface area contributed by atoms with Gasteiger partial charge in [0.1, 0.15) is 37.4 Å². The SMILES string of the molecule is CCC(O)COc1ccc(Sc2ccc(OCC(O)COC(=O)CSCC(=O)OC)cc2)cc1. The standard InChI is InChI=1S/C24H30O8S2/c1-3-17(25)12-30-19-4-8-21(9-5-19)34-22-10-6-20(7-11-22)31-13-18(26)14-32-24(28)16-33-15-23(27)29-2/h4-11,17-18,25-26H,3,12-16H2,1-2H3. The number of methoxy groups -OCH3 is 1. The van der Waals surface area contributed by atoms with Gasteiger partial charge in [-0.15, -0.1) is 11.8 Å². The van der Waals surface area contributed by atoms with Crippen molar-refractivity contribution in [3.05, 3.63) is 48.5 Å². The van der Waals surface area contributed by atoms with Crippen molar-refractivity contribution in [3.63, 3.8) is 0 Å². The van der Waals surface area contributed by atoms with E-state index < -0.39 is 24.1 Å². The molecule has 0 aliphatic heterocycles. The zero-order valence-corrected chi connectivity index (χ0v) is 20.8. The number of esters is 2. The van der Waals surface area contributed by atoms with Crippen LogP contribution in [0.25, 0.3) is 0 Å². The van der Waals surface area contributed by atoms with Crippen LogP contribution in [0.5, 0.6) is 11.5 Å². The van der Waals surface area contributed by atoms with Gasteiger partial charge in [-0.2, -0.15) is 0 Å². The summed E-state index contributed by atoms with van der Waals surface area (Å²) >= 11 is 2.66. The van der Waals surface area contributed by atoms with Crippen molar-refractivity contribution in [1.29, 1.82) is 0 Å². The van der Waals surface area contributed by atoms with Gasteiger partial charge in [0.25, 0.3) is 0 Å². The lowest BCUT2D eigenvalue weighted by molar-refractivity contribution is -0.143. The van der Waals surface area contributed by atoms with Crippen molar-refractivity contribution in [3.8, 4) is 11.5 Å². The van der Waals surface area contributed by atoms with Gasteiger partial charge < -0.3 is 29.2 Å². The maximum atomic E-state index is 11.6. The topological polar surface area (TPSA) is 112 Å². The summed E-state index contributed by atoms with van der Waals surface area (Å²) in [5.74, 6) is 0.427. The monoisotopic (exact) mass is 510 g/mol. The molecule has 0 aromatic heterocycles. The summed E-state index contributed by atoms with van der Waals surface area (Å²) < 4.78 is 20.5. The van der Waals surface area contributed by atoms with E-state index in [-0.39, 0.29) is 31.3 Å². The van der Waals surface area contributed by atoms with E-state index >= 15 is 0 Å².